The maximum atomic E-state index is 12.0. The van der Waals surface area contributed by atoms with E-state index in [2.05, 4.69) is 20.9 Å². The summed E-state index contributed by atoms with van der Waals surface area (Å²) in [5.74, 6) is -0.0904. The molecule has 0 saturated heterocycles. The van der Waals surface area contributed by atoms with E-state index in [-0.39, 0.29) is 11.5 Å². The van der Waals surface area contributed by atoms with E-state index in [1.165, 1.54) is 12.3 Å². The molecule has 0 bridgehead atoms. The van der Waals surface area contributed by atoms with Gasteiger partial charge in [0.25, 0.3) is 5.91 Å². The van der Waals surface area contributed by atoms with Gasteiger partial charge in [0.1, 0.15) is 0 Å². The Balaban J connectivity index is 2.85. The van der Waals surface area contributed by atoms with Crippen molar-refractivity contribution in [2.75, 3.05) is 18.4 Å². The first-order chi connectivity index (χ1) is 7.69. The van der Waals surface area contributed by atoms with Crippen molar-refractivity contribution in [3.8, 4) is 0 Å². The highest BCUT2D eigenvalue weighted by Gasteiger charge is 2.14. The number of halogens is 1. The van der Waals surface area contributed by atoms with E-state index >= 15 is 0 Å². The zero-order chi connectivity index (χ0) is 12.0. The van der Waals surface area contributed by atoms with E-state index in [0.29, 0.717) is 18.7 Å². The Labute approximate surface area is 103 Å². The molecule has 0 aliphatic heterocycles. The number of pyridine rings is 1. The normalized spacial score (nSPS) is 10.1. The molecule has 1 heterocycles. The van der Waals surface area contributed by atoms with E-state index < -0.39 is 0 Å². The Morgan fingerprint density at radius 3 is 2.81 bits per heavy atom. The molecule has 1 aromatic rings. The topological polar surface area (TPSA) is 53.2 Å². The second kappa shape index (κ2) is 6.48. The molecule has 0 saturated carbocycles. The molecule has 4 nitrogen and oxygen atoms in total. The lowest BCUT2D eigenvalue weighted by atomic mass is 10.2. The summed E-state index contributed by atoms with van der Waals surface area (Å²) in [4.78, 5) is 27.4. The van der Waals surface area contributed by atoms with Gasteiger partial charge in [-0.2, -0.15) is 0 Å². The fourth-order valence-electron chi connectivity index (χ4n) is 1.45. The van der Waals surface area contributed by atoms with Crippen LogP contribution in [0.3, 0.4) is 0 Å². The van der Waals surface area contributed by atoms with Gasteiger partial charge in [0.2, 0.25) is 5.56 Å². The van der Waals surface area contributed by atoms with Crippen LogP contribution < -0.4 is 5.56 Å². The number of amides is 1. The molecule has 16 heavy (non-hydrogen) atoms. The van der Waals surface area contributed by atoms with E-state index in [1.807, 2.05) is 6.92 Å². The lowest BCUT2D eigenvalue weighted by Gasteiger charge is -2.20. The number of hydrogen-bond donors (Lipinski definition) is 1. The summed E-state index contributed by atoms with van der Waals surface area (Å²) in [6.07, 6.45) is 2.40. The molecule has 0 atom stereocenters. The number of H-pyrrole nitrogens is 1. The van der Waals surface area contributed by atoms with Crippen molar-refractivity contribution < 1.29 is 4.79 Å². The Morgan fingerprint density at radius 1 is 1.50 bits per heavy atom. The van der Waals surface area contributed by atoms with E-state index in [4.69, 9.17) is 0 Å². The minimum atomic E-state index is -0.249. The molecule has 0 unspecified atom stereocenters. The Morgan fingerprint density at radius 2 is 2.25 bits per heavy atom. The largest absolute Gasteiger partial charge is 0.338 e. The van der Waals surface area contributed by atoms with Crippen molar-refractivity contribution in [2.24, 2.45) is 0 Å². The predicted molar refractivity (Wildman–Crippen MR) is 67.1 cm³/mol. The summed E-state index contributed by atoms with van der Waals surface area (Å²) in [5, 5.41) is 0.738. The van der Waals surface area contributed by atoms with Gasteiger partial charge in [-0.15, -0.1) is 0 Å². The zero-order valence-corrected chi connectivity index (χ0v) is 10.8. The van der Waals surface area contributed by atoms with Gasteiger partial charge in [-0.3, -0.25) is 9.59 Å². The summed E-state index contributed by atoms with van der Waals surface area (Å²) in [6.45, 7) is 3.38. The molecule has 88 valence electrons. The van der Waals surface area contributed by atoms with Crippen LogP contribution in [0.2, 0.25) is 0 Å². The number of carbonyl (C=O) groups is 1. The van der Waals surface area contributed by atoms with Crippen molar-refractivity contribution in [2.45, 2.75) is 13.3 Å². The lowest BCUT2D eigenvalue weighted by molar-refractivity contribution is 0.0766. The monoisotopic (exact) mass is 286 g/mol. The summed E-state index contributed by atoms with van der Waals surface area (Å²) in [6, 6.07) is 2.96. The second-order valence-corrected chi connectivity index (χ2v) is 4.22. The Bertz CT molecular complexity index is 397. The van der Waals surface area contributed by atoms with Gasteiger partial charge in [-0.25, -0.2) is 0 Å². The van der Waals surface area contributed by atoms with Gasteiger partial charge in [-0.05, 0) is 12.5 Å². The molecular weight excluding hydrogens is 272 g/mol. The van der Waals surface area contributed by atoms with Crippen LogP contribution in [0.15, 0.2) is 23.1 Å². The highest BCUT2D eigenvalue weighted by atomic mass is 79.9. The highest BCUT2D eigenvalue weighted by Crippen LogP contribution is 2.03. The Kier molecular flexibility index (Phi) is 5.25. The molecular formula is C11H15BrN2O2. The summed E-state index contributed by atoms with van der Waals surface area (Å²) < 4.78 is 0. The van der Waals surface area contributed by atoms with E-state index in [9.17, 15) is 9.59 Å². The number of aromatic amines is 1. The van der Waals surface area contributed by atoms with Crippen LogP contribution in [0.4, 0.5) is 0 Å². The van der Waals surface area contributed by atoms with Crippen LogP contribution in [0.25, 0.3) is 0 Å². The minimum Gasteiger partial charge on any atom is -0.338 e. The van der Waals surface area contributed by atoms with Gasteiger partial charge < -0.3 is 9.88 Å². The first-order valence-electron chi connectivity index (χ1n) is 5.23. The first kappa shape index (κ1) is 13.0. The number of nitrogens with one attached hydrogen (secondary N) is 1. The molecule has 1 amide bonds. The molecule has 1 aromatic heterocycles. The van der Waals surface area contributed by atoms with E-state index in [0.717, 1.165) is 11.8 Å². The molecule has 0 aromatic carbocycles. The number of carbonyl (C=O) groups excluding carboxylic acids is 1. The highest BCUT2D eigenvalue weighted by molar-refractivity contribution is 9.09. The van der Waals surface area contributed by atoms with E-state index in [1.54, 1.807) is 11.0 Å². The molecule has 0 radical (unpaired) electrons. The summed E-state index contributed by atoms with van der Waals surface area (Å²) in [5.41, 5.74) is 0.194. The minimum absolute atomic E-state index is 0.0904. The standard InChI is InChI=1S/C11H15BrN2O2/c1-2-6-14(7-4-12)11(16)9-3-5-13-10(15)8-9/h3,5,8H,2,4,6-7H2,1H3,(H,13,15). The van der Waals surface area contributed by atoms with Crippen LogP contribution in [0, 0.1) is 0 Å². The lowest BCUT2D eigenvalue weighted by Crippen LogP contribution is -2.33. The quantitative estimate of drug-likeness (QED) is 0.837. The maximum Gasteiger partial charge on any atom is 0.254 e. The summed E-state index contributed by atoms with van der Waals surface area (Å²) >= 11 is 3.31. The van der Waals surface area contributed by atoms with Gasteiger partial charge in [0.15, 0.2) is 0 Å². The van der Waals surface area contributed by atoms with Gasteiger partial charge >= 0.3 is 0 Å². The average Bonchev–Trinajstić information content (AvgIpc) is 2.28. The first-order valence-corrected chi connectivity index (χ1v) is 6.35. The SMILES string of the molecule is CCCN(CCBr)C(=O)c1cc[nH]c(=O)c1. The maximum absolute atomic E-state index is 12.0. The molecule has 1 N–H and O–H groups in total. The van der Waals surface area contributed by atoms with Gasteiger partial charge in [0.05, 0.1) is 0 Å². The van der Waals surface area contributed by atoms with Gasteiger partial charge in [0, 0.05) is 36.2 Å². The number of hydrogen-bond acceptors (Lipinski definition) is 2. The van der Waals surface area contributed by atoms with Gasteiger partial charge in [-0.1, -0.05) is 22.9 Å². The zero-order valence-electron chi connectivity index (χ0n) is 9.20. The smallest absolute Gasteiger partial charge is 0.254 e. The fraction of sp³-hybridized carbons (Fsp3) is 0.455. The molecule has 0 aliphatic rings. The second-order valence-electron chi connectivity index (χ2n) is 3.42. The fourth-order valence-corrected chi connectivity index (χ4v) is 1.88. The van der Waals surface area contributed by atoms with Crippen LogP contribution in [-0.4, -0.2) is 34.2 Å². The predicted octanol–water partition coefficient (Wildman–Crippen LogP) is 1.62. The molecule has 5 heteroatoms. The number of nitrogens with zero attached hydrogens (tertiary/aromatic N) is 1. The van der Waals surface area contributed by atoms with Crippen LogP contribution in [0.1, 0.15) is 23.7 Å². The molecule has 0 aliphatic carbocycles. The number of aromatic nitrogens is 1. The van der Waals surface area contributed by atoms with Crippen LogP contribution in [0.5, 0.6) is 0 Å². The third kappa shape index (κ3) is 3.48. The molecule has 0 fully saturated rings. The molecule has 0 spiro atoms. The average molecular weight is 287 g/mol. The third-order valence-corrected chi connectivity index (χ3v) is 2.51. The third-order valence-electron chi connectivity index (χ3n) is 2.16. The van der Waals surface area contributed by atoms with Crippen LogP contribution >= 0.6 is 15.9 Å². The van der Waals surface area contributed by atoms with Crippen molar-refractivity contribution in [3.63, 3.8) is 0 Å². The van der Waals surface area contributed by atoms with Crippen molar-refractivity contribution in [1.82, 2.24) is 9.88 Å². The van der Waals surface area contributed by atoms with Crippen molar-refractivity contribution in [3.05, 3.63) is 34.2 Å². The summed E-state index contributed by atoms with van der Waals surface area (Å²) in [7, 11) is 0. The van der Waals surface area contributed by atoms with Crippen molar-refractivity contribution >= 4 is 21.8 Å². The number of alkyl halides is 1. The van der Waals surface area contributed by atoms with Crippen molar-refractivity contribution in [1.29, 1.82) is 0 Å². The Hall–Kier alpha value is -1.10. The molecule has 1 rings (SSSR count). The number of rotatable bonds is 5. The van der Waals surface area contributed by atoms with Crippen LogP contribution in [-0.2, 0) is 0 Å².